The van der Waals surface area contributed by atoms with E-state index in [1.54, 1.807) is 7.11 Å². The van der Waals surface area contributed by atoms with Crippen molar-refractivity contribution >= 4 is 11.6 Å². The lowest BCUT2D eigenvalue weighted by atomic mass is 10.1. The van der Waals surface area contributed by atoms with Crippen molar-refractivity contribution in [3.05, 3.63) is 54.4 Å². The maximum atomic E-state index is 12.6. The number of hydrogen-bond acceptors (Lipinski definition) is 4. The number of rotatable bonds is 4. The van der Waals surface area contributed by atoms with Crippen LogP contribution in [0.3, 0.4) is 0 Å². The summed E-state index contributed by atoms with van der Waals surface area (Å²) in [6.07, 6.45) is 4.23. The van der Waals surface area contributed by atoms with Gasteiger partial charge in [0.2, 0.25) is 5.91 Å². The molecule has 1 atom stereocenters. The maximum Gasteiger partial charge on any atom is 0.225 e. The van der Waals surface area contributed by atoms with E-state index >= 15 is 0 Å². The number of fused-ring (bicyclic) bond motifs is 1. The van der Waals surface area contributed by atoms with Crippen LogP contribution in [0.1, 0.15) is 24.6 Å². The molecule has 0 bridgehead atoms. The molecule has 1 aliphatic carbocycles. The molecule has 3 heterocycles. The molecule has 3 aromatic rings. The van der Waals surface area contributed by atoms with Crippen molar-refractivity contribution in [1.82, 2.24) is 19.2 Å². The molecule has 0 spiro atoms. The van der Waals surface area contributed by atoms with E-state index < -0.39 is 0 Å². The van der Waals surface area contributed by atoms with Gasteiger partial charge in [0, 0.05) is 31.7 Å². The Kier molecular flexibility index (Phi) is 4.51. The molecule has 1 aromatic carbocycles. The summed E-state index contributed by atoms with van der Waals surface area (Å²) in [6, 6.07) is 14.4. The highest BCUT2D eigenvalue weighted by atomic mass is 16.5. The molecule has 1 aliphatic heterocycles. The van der Waals surface area contributed by atoms with E-state index in [1.165, 1.54) is 0 Å². The highest BCUT2D eigenvalue weighted by Crippen LogP contribution is 2.33. The van der Waals surface area contributed by atoms with Crippen LogP contribution in [0.25, 0.3) is 16.9 Å². The number of carbonyl (C=O) groups is 1. The van der Waals surface area contributed by atoms with Crippen LogP contribution in [-0.2, 0) is 4.79 Å². The molecule has 5 rings (SSSR count). The molecule has 0 unspecified atom stereocenters. The first-order valence-electron chi connectivity index (χ1n) is 10.3. The van der Waals surface area contributed by atoms with Gasteiger partial charge in [-0.2, -0.15) is 0 Å². The summed E-state index contributed by atoms with van der Waals surface area (Å²) in [6.45, 7) is 2.41. The van der Waals surface area contributed by atoms with Gasteiger partial charge in [0.1, 0.15) is 11.4 Å². The second-order valence-corrected chi connectivity index (χ2v) is 8.09. The number of pyridine rings is 1. The zero-order valence-electron chi connectivity index (χ0n) is 16.9. The standard InChI is InChI=1S/C23H26N4O2/c1-25-12-13-26(23(28)17-6-7-17)15-21(25)19-14-27-20(4-3-5-22(27)24-19)16-8-10-18(29-2)11-9-16/h3-5,8-11,14,17,21H,6-7,12-13,15H2,1-2H3/t21-/m0/s1. The van der Waals surface area contributed by atoms with Crippen LogP contribution in [0, 0.1) is 5.92 Å². The Labute approximate surface area is 170 Å². The van der Waals surface area contributed by atoms with Gasteiger partial charge >= 0.3 is 0 Å². The second kappa shape index (κ2) is 7.19. The summed E-state index contributed by atoms with van der Waals surface area (Å²) in [5.74, 6) is 1.43. The fourth-order valence-electron chi connectivity index (χ4n) is 4.17. The zero-order valence-corrected chi connectivity index (χ0v) is 16.9. The minimum absolute atomic E-state index is 0.120. The maximum absolute atomic E-state index is 12.6. The molecule has 0 N–H and O–H groups in total. The number of likely N-dealkylation sites (N-methyl/N-ethyl adjacent to an activating group) is 1. The van der Waals surface area contributed by atoms with E-state index in [2.05, 4.69) is 40.7 Å². The van der Waals surface area contributed by atoms with Crippen molar-refractivity contribution in [3.8, 4) is 17.0 Å². The van der Waals surface area contributed by atoms with Crippen LogP contribution in [-0.4, -0.2) is 58.9 Å². The summed E-state index contributed by atoms with van der Waals surface area (Å²) in [4.78, 5) is 21.8. The summed E-state index contributed by atoms with van der Waals surface area (Å²) in [5.41, 5.74) is 4.14. The first-order chi connectivity index (χ1) is 14.1. The van der Waals surface area contributed by atoms with Gasteiger partial charge in [-0.05, 0) is 61.9 Å². The molecule has 29 heavy (non-hydrogen) atoms. The fraction of sp³-hybridized carbons (Fsp3) is 0.391. The van der Waals surface area contributed by atoms with Gasteiger partial charge in [0.05, 0.1) is 24.5 Å². The number of aromatic nitrogens is 2. The van der Waals surface area contributed by atoms with Gasteiger partial charge in [0.25, 0.3) is 0 Å². The molecule has 2 aromatic heterocycles. The average Bonchev–Trinajstić information content (AvgIpc) is 3.51. The highest BCUT2D eigenvalue weighted by Gasteiger charge is 2.37. The molecular formula is C23H26N4O2. The van der Waals surface area contributed by atoms with Crippen LogP contribution in [0.4, 0.5) is 0 Å². The third kappa shape index (κ3) is 3.38. The number of piperazine rings is 1. The van der Waals surface area contributed by atoms with Gasteiger partial charge in [-0.15, -0.1) is 0 Å². The number of ether oxygens (including phenoxy) is 1. The predicted octanol–water partition coefficient (Wildman–Crippen LogP) is 3.24. The Morgan fingerprint density at radius 3 is 2.62 bits per heavy atom. The third-order valence-corrected chi connectivity index (χ3v) is 6.12. The smallest absolute Gasteiger partial charge is 0.225 e. The molecule has 1 saturated carbocycles. The number of methoxy groups -OCH3 is 1. The molecule has 2 aliphatic rings. The Morgan fingerprint density at radius 1 is 1.10 bits per heavy atom. The Bertz CT molecular complexity index is 1040. The van der Waals surface area contributed by atoms with Gasteiger partial charge in [0.15, 0.2) is 0 Å². The van der Waals surface area contributed by atoms with Gasteiger partial charge in [-0.1, -0.05) is 6.07 Å². The molecule has 2 fully saturated rings. The topological polar surface area (TPSA) is 50.1 Å². The van der Waals surface area contributed by atoms with Crippen LogP contribution in [0.15, 0.2) is 48.7 Å². The largest absolute Gasteiger partial charge is 0.497 e. The molecule has 1 amide bonds. The van der Waals surface area contributed by atoms with E-state index in [0.29, 0.717) is 12.5 Å². The van der Waals surface area contributed by atoms with Crippen molar-refractivity contribution in [2.75, 3.05) is 33.8 Å². The molecule has 0 radical (unpaired) electrons. The fourth-order valence-corrected chi connectivity index (χ4v) is 4.17. The SMILES string of the molecule is COc1ccc(-c2cccc3nc([C@@H]4CN(C(=O)C5CC5)CCN4C)cn23)cc1. The Morgan fingerprint density at radius 2 is 1.90 bits per heavy atom. The van der Waals surface area contributed by atoms with Gasteiger partial charge in [-0.3, -0.25) is 14.1 Å². The van der Waals surface area contributed by atoms with Crippen molar-refractivity contribution in [2.45, 2.75) is 18.9 Å². The lowest BCUT2D eigenvalue weighted by Crippen LogP contribution is -2.49. The molecular weight excluding hydrogens is 364 g/mol. The number of benzene rings is 1. The number of amides is 1. The number of imidazole rings is 1. The molecule has 150 valence electrons. The van der Waals surface area contributed by atoms with Crippen molar-refractivity contribution < 1.29 is 9.53 Å². The molecule has 6 heteroatoms. The Hall–Kier alpha value is -2.86. The van der Waals surface area contributed by atoms with E-state index in [9.17, 15) is 4.79 Å². The summed E-state index contributed by atoms with van der Waals surface area (Å²) in [5, 5.41) is 0. The zero-order chi connectivity index (χ0) is 20.0. The van der Waals surface area contributed by atoms with Crippen molar-refractivity contribution in [1.29, 1.82) is 0 Å². The van der Waals surface area contributed by atoms with E-state index in [1.807, 2.05) is 29.2 Å². The van der Waals surface area contributed by atoms with Crippen LogP contribution >= 0.6 is 0 Å². The number of nitrogens with zero attached hydrogens (tertiary/aromatic N) is 4. The summed E-state index contributed by atoms with van der Waals surface area (Å²) in [7, 11) is 3.80. The minimum atomic E-state index is 0.120. The van der Waals surface area contributed by atoms with Crippen molar-refractivity contribution in [3.63, 3.8) is 0 Å². The first kappa shape index (κ1) is 18.2. The first-order valence-corrected chi connectivity index (χ1v) is 10.3. The lowest BCUT2D eigenvalue weighted by molar-refractivity contribution is -0.135. The Balaban J connectivity index is 1.48. The number of hydrogen-bond donors (Lipinski definition) is 0. The van der Waals surface area contributed by atoms with Crippen LogP contribution in [0.2, 0.25) is 0 Å². The second-order valence-electron chi connectivity index (χ2n) is 8.09. The van der Waals surface area contributed by atoms with Crippen LogP contribution in [0.5, 0.6) is 5.75 Å². The van der Waals surface area contributed by atoms with Gasteiger partial charge in [-0.25, -0.2) is 4.98 Å². The van der Waals surface area contributed by atoms with E-state index in [4.69, 9.17) is 9.72 Å². The highest BCUT2D eigenvalue weighted by molar-refractivity contribution is 5.81. The predicted molar refractivity (Wildman–Crippen MR) is 112 cm³/mol. The monoisotopic (exact) mass is 390 g/mol. The average molecular weight is 390 g/mol. The van der Waals surface area contributed by atoms with Crippen molar-refractivity contribution in [2.24, 2.45) is 5.92 Å². The minimum Gasteiger partial charge on any atom is -0.497 e. The number of carbonyl (C=O) groups excluding carboxylic acids is 1. The summed E-state index contributed by atoms with van der Waals surface area (Å²) < 4.78 is 7.43. The van der Waals surface area contributed by atoms with E-state index in [0.717, 1.165) is 54.3 Å². The molecule has 1 saturated heterocycles. The quantitative estimate of drug-likeness (QED) is 0.686. The molecule has 6 nitrogen and oxygen atoms in total. The van der Waals surface area contributed by atoms with E-state index in [-0.39, 0.29) is 12.0 Å². The van der Waals surface area contributed by atoms with Gasteiger partial charge < -0.3 is 9.64 Å². The van der Waals surface area contributed by atoms with Crippen LogP contribution < -0.4 is 4.74 Å². The summed E-state index contributed by atoms with van der Waals surface area (Å²) >= 11 is 0. The normalized spacial score (nSPS) is 20.2. The lowest BCUT2D eigenvalue weighted by Gasteiger charge is -2.38. The third-order valence-electron chi connectivity index (χ3n) is 6.12.